The SMILES string of the molecule is CCCCCCCCCC[C@@H](O)[C@H]1CC[C@H]([C@H]2CC[C@H]([C@H](O)CCCCCCCCCCC(O)CC3=CC(C)OC3=O)O2)O1. The van der Waals surface area contributed by atoms with Gasteiger partial charge in [-0.15, -0.1) is 0 Å². The summed E-state index contributed by atoms with van der Waals surface area (Å²) < 4.78 is 17.7. The number of unbranched alkanes of at least 4 members (excludes halogenated alkanes) is 14. The van der Waals surface area contributed by atoms with Gasteiger partial charge in [-0.25, -0.2) is 4.79 Å². The zero-order valence-corrected chi connectivity index (χ0v) is 28.1. The average molecular weight is 623 g/mol. The largest absolute Gasteiger partial charge is 0.455 e. The summed E-state index contributed by atoms with van der Waals surface area (Å²) in [5, 5.41) is 31.6. The molecule has 3 N–H and O–H groups in total. The van der Waals surface area contributed by atoms with E-state index in [1.165, 1.54) is 70.6 Å². The fourth-order valence-electron chi connectivity index (χ4n) is 7.28. The van der Waals surface area contributed by atoms with Gasteiger partial charge in [-0.3, -0.25) is 0 Å². The van der Waals surface area contributed by atoms with Crippen LogP contribution in [0.4, 0.5) is 0 Å². The van der Waals surface area contributed by atoms with E-state index in [0.29, 0.717) is 12.0 Å². The summed E-state index contributed by atoms with van der Waals surface area (Å²) in [6.45, 7) is 4.09. The fraction of sp³-hybridized carbons (Fsp3) is 0.919. The molecular weight excluding hydrogens is 556 g/mol. The molecule has 0 spiro atoms. The number of aliphatic hydroxyl groups is 3. The number of carbonyl (C=O) groups is 1. The lowest BCUT2D eigenvalue weighted by Gasteiger charge is -2.24. The Morgan fingerprint density at radius 1 is 0.659 bits per heavy atom. The summed E-state index contributed by atoms with van der Waals surface area (Å²) in [5.41, 5.74) is 0.617. The van der Waals surface area contributed by atoms with Gasteiger partial charge in [0.15, 0.2) is 0 Å². The predicted molar refractivity (Wildman–Crippen MR) is 175 cm³/mol. The molecule has 0 aliphatic carbocycles. The van der Waals surface area contributed by atoms with Gasteiger partial charge in [0.25, 0.3) is 0 Å². The lowest BCUT2D eigenvalue weighted by Crippen LogP contribution is -2.33. The van der Waals surface area contributed by atoms with Crippen LogP contribution in [-0.2, 0) is 19.0 Å². The normalized spacial score (nSPS) is 27.4. The van der Waals surface area contributed by atoms with Gasteiger partial charge in [0.05, 0.1) is 42.7 Å². The van der Waals surface area contributed by atoms with E-state index in [9.17, 15) is 20.1 Å². The van der Waals surface area contributed by atoms with Crippen molar-refractivity contribution >= 4 is 5.97 Å². The maximum atomic E-state index is 11.7. The number of carbonyl (C=O) groups excluding carboxylic acids is 1. The standard InChI is InChI=1S/C37H66O7/c1-3-4-5-6-7-11-14-17-20-31(39)33-22-24-35(43-33)36-25-23-34(44-36)32(40)21-18-15-12-9-8-10-13-16-19-30(38)27-29-26-28(2)42-37(29)41/h26,28,30-36,38-40H,3-25,27H2,1-2H3/t28?,30?,31-,32-,33-,34-,35-,36-/m1/s1. The minimum atomic E-state index is -0.463. The first-order valence-corrected chi connectivity index (χ1v) is 18.6. The third-order valence-electron chi connectivity index (χ3n) is 10.0. The van der Waals surface area contributed by atoms with Crippen LogP contribution in [0.5, 0.6) is 0 Å². The number of esters is 1. The van der Waals surface area contributed by atoms with Crippen LogP contribution in [-0.4, -0.2) is 70.1 Å². The summed E-state index contributed by atoms with van der Waals surface area (Å²) in [5.74, 6) is -0.281. The molecule has 2 saturated heterocycles. The van der Waals surface area contributed by atoms with E-state index in [1.807, 2.05) is 13.0 Å². The molecule has 0 aromatic rings. The summed E-state index contributed by atoms with van der Waals surface area (Å²) in [7, 11) is 0. The maximum Gasteiger partial charge on any atom is 0.334 e. The molecule has 44 heavy (non-hydrogen) atoms. The van der Waals surface area contributed by atoms with E-state index in [2.05, 4.69) is 6.92 Å². The Hall–Kier alpha value is -0.990. The molecule has 0 aromatic carbocycles. The molecule has 3 rings (SSSR count). The first-order valence-electron chi connectivity index (χ1n) is 18.6. The zero-order valence-electron chi connectivity index (χ0n) is 28.1. The van der Waals surface area contributed by atoms with Gasteiger partial charge < -0.3 is 29.5 Å². The second-order valence-electron chi connectivity index (χ2n) is 14.0. The molecule has 7 heteroatoms. The van der Waals surface area contributed by atoms with Crippen molar-refractivity contribution in [2.24, 2.45) is 0 Å². The van der Waals surface area contributed by atoms with E-state index in [1.54, 1.807) is 0 Å². The summed E-state index contributed by atoms with van der Waals surface area (Å²) in [6.07, 6.45) is 26.1. The number of aliphatic hydroxyl groups excluding tert-OH is 3. The van der Waals surface area contributed by atoms with E-state index in [0.717, 1.165) is 77.0 Å². The molecule has 256 valence electrons. The summed E-state index contributed by atoms with van der Waals surface area (Å²) in [6, 6.07) is 0. The number of hydrogen-bond donors (Lipinski definition) is 3. The number of cyclic esters (lactones) is 1. The van der Waals surface area contributed by atoms with Crippen molar-refractivity contribution in [3.63, 3.8) is 0 Å². The van der Waals surface area contributed by atoms with Gasteiger partial charge in [0.2, 0.25) is 0 Å². The molecule has 0 aromatic heterocycles. The lowest BCUT2D eigenvalue weighted by molar-refractivity contribution is -0.139. The highest BCUT2D eigenvalue weighted by Crippen LogP contribution is 2.34. The van der Waals surface area contributed by atoms with Crippen molar-refractivity contribution in [3.05, 3.63) is 11.6 Å². The van der Waals surface area contributed by atoms with Crippen LogP contribution < -0.4 is 0 Å². The quantitative estimate of drug-likeness (QED) is 0.0703. The van der Waals surface area contributed by atoms with E-state index < -0.39 is 12.2 Å². The Balaban J connectivity index is 1.13. The molecule has 0 amide bonds. The minimum absolute atomic E-state index is 0.0519. The Morgan fingerprint density at radius 2 is 1.09 bits per heavy atom. The lowest BCUT2D eigenvalue weighted by atomic mass is 10.00. The maximum absolute atomic E-state index is 11.7. The molecule has 0 saturated carbocycles. The molecule has 3 aliphatic rings. The van der Waals surface area contributed by atoms with Crippen LogP contribution in [0.3, 0.4) is 0 Å². The highest BCUT2D eigenvalue weighted by atomic mass is 16.6. The van der Waals surface area contributed by atoms with E-state index >= 15 is 0 Å². The summed E-state index contributed by atoms with van der Waals surface area (Å²) in [4.78, 5) is 11.7. The number of rotatable bonds is 25. The average Bonchev–Trinajstić information content (AvgIpc) is 3.75. The van der Waals surface area contributed by atoms with Crippen molar-refractivity contribution in [3.8, 4) is 0 Å². The van der Waals surface area contributed by atoms with Crippen molar-refractivity contribution in [1.82, 2.24) is 0 Å². The molecule has 3 heterocycles. The van der Waals surface area contributed by atoms with Gasteiger partial charge >= 0.3 is 5.97 Å². The van der Waals surface area contributed by atoms with E-state index in [-0.39, 0.29) is 42.6 Å². The van der Waals surface area contributed by atoms with Crippen molar-refractivity contribution in [2.75, 3.05) is 0 Å². The Labute approximate surface area is 268 Å². The van der Waals surface area contributed by atoms with Gasteiger partial charge in [0, 0.05) is 12.0 Å². The van der Waals surface area contributed by atoms with Crippen molar-refractivity contribution in [1.29, 1.82) is 0 Å². The van der Waals surface area contributed by atoms with Crippen LogP contribution >= 0.6 is 0 Å². The smallest absolute Gasteiger partial charge is 0.334 e. The van der Waals surface area contributed by atoms with E-state index in [4.69, 9.17) is 14.2 Å². The number of hydrogen-bond acceptors (Lipinski definition) is 7. The Morgan fingerprint density at radius 3 is 1.52 bits per heavy atom. The second kappa shape index (κ2) is 21.7. The fourth-order valence-corrected chi connectivity index (χ4v) is 7.28. The van der Waals surface area contributed by atoms with Gasteiger partial charge in [0.1, 0.15) is 6.10 Å². The van der Waals surface area contributed by atoms with Crippen LogP contribution in [0.25, 0.3) is 0 Å². The third-order valence-corrected chi connectivity index (χ3v) is 10.0. The van der Waals surface area contributed by atoms with Gasteiger partial charge in [-0.2, -0.15) is 0 Å². The van der Waals surface area contributed by atoms with Gasteiger partial charge in [-0.05, 0) is 57.9 Å². The highest BCUT2D eigenvalue weighted by Gasteiger charge is 2.40. The van der Waals surface area contributed by atoms with Crippen molar-refractivity contribution in [2.45, 2.75) is 217 Å². The van der Waals surface area contributed by atoms with Crippen molar-refractivity contribution < 1.29 is 34.3 Å². The first kappa shape index (κ1) is 37.5. The second-order valence-corrected chi connectivity index (χ2v) is 14.0. The number of ether oxygens (including phenoxy) is 3. The monoisotopic (exact) mass is 622 g/mol. The first-order chi connectivity index (χ1) is 21.4. The molecular formula is C37H66O7. The minimum Gasteiger partial charge on any atom is -0.455 e. The summed E-state index contributed by atoms with van der Waals surface area (Å²) >= 11 is 0. The van der Waals surface area contributed by atoms with Crippen LogP contribution in [0.1, 0.15) is 168 Å². The zero-order chi connectivity index (χ0) is 31.6. The molecule has 7 nitrogen and oxygen atoms in total. The predicted octanol–water partition coefficient (Wildman–Crippen LogP) is 7.86. The molecule has 0 bridgehead atoms. The van der Waals surface area contributed by atoms with Crippen LogP contribution in [0, 0.1) is 0 Å². The molecule has 2 unspecified atom stereocenters. The Bertz CT molecular complexity index is 801. The molecule has 2 fully saturated rings. The van der Waals surface area contributed by atoms with Crippen LogP contribution in [0.2, 0.25) is 0 Å². The molecule has 0 radical (unpaired) electrons. The molecule has 8 atom stereocenters. The Kier molecular flexibility index (Phi) is 18.5. The highest BCUT2D eigenvalue weighted by molar-refractivity contribution is 5.90. The van der Waals surface area contributed by atoms with Gasteiger partial charge in [-0.1, -0.05) is 110 Å². The van der Waals surface area contributed by atoms with Crippen LogP contribution in [0.15, 0.2) is 11.6 Å². The third kappa shape index (κ3) is 14.2. The topological polar surface area (TPSA) is 105 Å². The molecule has 3 aliphatic heterocycles.